The molecule has 1 saturated heterocycles. The molecular formula is C15H20ClN3O2. The molecule has 1 aromatic rings. The minimum Gasteiger partial charge on any atom is -0.340 e. The Morgan fingerprint density at radius 2 is 1.86 bits per heavy atom. The molecule has 0 bridgehead atoms. The maximum Gasteiger partial charge on any atom is 0.253 e. The van der Waals surface area contributed by atoms with Crippen molar-refractivity contribution >= 4 is 23.4 Å². The summed E-state index contributed by atoms with van der Waals surface area (Å²) in [6.07, 6.45) is 0.755. The van der Waals surface area contributed by atoms with Crippen molar-refractivity contribution in [1.82, 2.24) is 9.80 Å². The molecule has 2 N–H and O–H groups in total. The Morgan fingerprint density at radius 3 is 2.52 bits per heavy atom. The highest BCUT2D eigenvalue weighted by atomic mass is 35.5. The number of halogens is 1. The van der Waals surface area contributed by atoms with Crippen LogP contribution in [-0.2, 0) is 4.79 Å². The van der Waals surface area contributed by atoms with Crippen LogP contribution in [0.3, 0.4) is 0 Å². The first-order valence-corrected chi connectivity index (χ1v) is 7.46. The Balaban J connectivity index is 2.03. The van der Waals surface area contributed by atoms with Gasteiger partial charge >= 0.3 is 0 Å². The smallest absolute Gasteiger partial charge is 0.253 e. The van der Waals surface area contributed by atoms with Crippen molar-refractivity contribution in [2.24, 2.45) is 5.73 Å². The molecule has 1 heterocycles. The molecule has 0 spiro atoms. The summed E-state index contributed by atoms with van der Waals surface area (Å²) in [6.45, 7) is 3.99. The first kappa shape index (κ1) is 15.8. The van der Waals surface area contributed by atoms with Gasteiger partial charge in [-0.1, -0.05) is 17.7 Å². The number of carbonyl (C=O) groups is 2. The van der Waals surface area contributed by atoms with Crippen molar-refractivity contribution in [3.63, 3.8) is 0 Å². The van der Waals surface area contributed by atoms with Gasteiger partial charge in [0.1, 0.15) is 0 Å². The van der Waals surface area contributed by atoms with E-state index in [1.54, 1.807) is 41.0 Å². The van der Waals surface area contributed by atoms with Crippen LogP contribution in [0, 0.1) is 0 Å². The molecule has 6 heteroatoms. The van der Waals surface area contributed by atoms with Crippen LogP contribution in [0.2, 0.25) is 5.02 Å². The minimum atomic E-state index is -0.500. The number of carbonyl (C=O) groups excluding carboxylic acids is 2. The molecule has 1 fully saturated rings. The summed E-state index contributed by atoms with van der Waals surface area (Å²) >= 11 is 5.92. The summed E-state index contributed by atoms with van der Waals surface area (Å²) in [4.78, 5) is 27.9. The first-order chi connectivity index (χ1) is 9.99. The van der Waals surface area contributed by atoms with Crippen molar-refractivity contribution in [1.29, 1.82) is 0 Å². The van der Waals surface area contributed by atoms with Gasteiger partial charge in [-0.25, -0.2) is 0 Å². The normalized spacial score (nSPS) is 17.3. The zero-order valence-corrected chi connectivity index (χ0v) is 12.8. The monoisotopic (exact) mass is 309 g/mol. The summed E-state index contributed by atoms with van der Waals surface area (Å²) in [5, 5.41) is 0.546. The molecule has 114 valence electrons. The predicted molar refractivity (Wildman–Crippen MR) is 82.2 cm³/mol. The molecule has 2 amide bonds. The summed E-state index contributed by atoms with van der Waals surface area (Å²) < 4.78 is 0. The Kier molecular flexibility index (Phi) is 5.20. The molecule has 0 aromatic heterocycles. The average molecular weight is 310 g/mol. The summed E-state index contributed by atoms with van der Waals surface area (Å²) in [5.41, 5.74) is 6.21. The predicted octanol–water partition coefficient (Wildman–Crippen LogP) is 1.36. The fraction of sp³-hybridized carbons (Fsp3) is 0.467. The maximum absolute atomic E-state index is 12.5. The van der Waals surface area contributed by atoms with Crippen LogP contribution < -0.4 is 5.73 Å². The van der Waals surface area contributed by atoms with Gasteiger partial charge in [0.15, 0.2) is 0 Å². The second kappa shape index (κ2) is 6.91. The number of hydrogen-bond donors (Lipinski definition) is 1. The molecule has 2 rings (SSSR count). The van der Waals surface area contributed by atoms with Gasteiger partial charge in [-0.2, -0.15) is 0 Å². The lowest BCUT2D eigenvalue weighted by Crippen LogP contribution is -2.44. The Labute approximate surface area is 129 Å². The quantitative estimate of drug-likeness (QED) is 0.897. The molecule has 1 aliphatic heterocycles. The second-order valence-corrected chi connectivity index (χ2v) is 5.71. The maximum atomic E-state index is 12.5. The number of benzene rings is 1. The van der Waals surface area contributed by atoms with E-state index in [1.807, 2.05) is 0 Å². The topological polar surface area (TPSA) is 66.6 Å². The molecule has 1 atom stereocenters. The van der Waals surface area contributed by atoms with E-state index in [2.05, 4.69) is 0 Å². The molecule has 1 aromatic carbocycles. The Hall–Kier alpha value is -1.59. The van der Waals surface area contributed by atoms with Crippen LogP contribution >= 0.6 is 11.6 Å². The van der Waals surface area contributed by atoms with Gasteiger partial charge in [-0.05, 0) is 31.5 Å². The van der Waals surface area contributed by atoms with E-state index in [1.165, 1.54) is 0 Å². The first-order valence-electron chi connectivity index (χ1n) is 7.08. The fourth-order valence-electron chi connectivity index (χ4n) is 2.43. The Bertz CT molecular complexity index is 533. The van der Waals surface area contributed by atoms with Crippen LogP contribution in [0.25, 0.3) is 0 Å². The third kappa shape index (κ3) is 3.95. The van der Waals surface area contributed by atoms with E-state index in [9.17, 15) is 9.59 Å². The SMILES string of the molecule is C[C@H](N)C(=O)N1CCCN(C(=O)c2cccc(Cl)c2)CC1. The number of nitrogens with zero attached hydrogens (tertiary/aromatic N) is 2. The Morgan fingerprint density at radius 1 is 1.19 bits per heavy atom. The molecule has 0 radical (unpaired) electrons. The van der Waals surface area contributed by atoms with E-state index < -0.39 is 6.04 Å². The van der Waals surface area contributed by atoms with Crippen molar-refractivity contribution in [2.45, 2.75) is 19.4 Å². The lowest BCUT2D eigenvalue weighted by molar-refractivity contribution is -0.132. The number of rotatable bonds is 2. The van der Waals surface area contributed by atoms with Crippen LogP contribution in [0.1, 0.15) is 23.7 Å². The van der Waals surface area contributed by atoms with Gasteiger partial charge in [0.25, 0.3) is 5.91 Å². The highest BCUT2D eigenvalue weighted by Gasteiger charge is 2.24. The van der Waals surface area contributed by atoms with E-state index in [-0.39, 0.29) is 11.8 Å². The largest absolute Gasteiger partial charge is 0.340 e. The molecule has 0 saturated carbocycles. The summed E-state index contributed by atoms with van der Waals surface area (Å²) in [5.74, 6) is -0.111. The lowest BCUT2D eigenvalue weighted by atomic mass is 10.2. The number of hydrogen-bond acceptors (Lipinski definition) is 3. The van der Waals surface area contributed by atoms with Gasteiger partial charge in [0.05, 0.1) is 6.04 Å². The van der Waals surface area contributed by atoms with Gasteiger partial charge in [-0.3, -0.25) is 9.59 Å². The molecule has 0 aliphatic carbocycles. The van der Waals surface area contributed by atoms with Gasteiger partial charge in [0.2, 0.25) is 5.91 Å². The van der Waals surface area contributed by atoms with E-state index >= 15 is 0 Å². The molecular weight excluding hydrogens is 290 g/mol. The molecule has 1 aliphatic rings. The summed E-state index contributed by atoms with van der Waals surface area (Å²) in [7, 11) is 0. The van der Waals surface area contributed by atoms with E-state index in [0.717, 1.165) is 6.42 Å². The van der Waals surface area contributed by atoms with Gasteiger partial charge in [-0.15, -0.1) is 0 Å². The van der Waals surface area contributed by atoms with E-state index in [0.29, 0.717) is 36.8 Å². The zero-order chi connectivity index (χ0) is 15.4. The molecule has 21 heavy (non-hydrogen) atoms. The number of nitrogens with two attached hydrogens (primary N) is 1. The molecule has 0 unspecified atom stereocenters. The van der Waals surface area contributed by atoms with Crippen LogP contribution in [0.4, 0.5) is 0 Å². The zero-order valence-electron chi connectivity index (χ0n) is 12.1. The third-order valence-corrected chi connectivity index (χ3v) is 3.79. The summed E-state index contributed by atoms with van der Waals surface area (Å²) in [6, 6.07) is 6.42. The van der Waals surface area contributed by atoms with Crippen LogP contribution in [-0.4, -0.2) is 53.8 Å². The van der Waals surface area contributed by atoms with Crippen LogP contribution in [0.15, 0.2) is 24.3 Å². The van der Waals surface area contributed by atoms with E-state index in [4.69, 9.17) is 17.3 Å². The number of amides is 2. The van der Waals surface area contributed by atoms with Crippen LogP contribution in [0.5, 0.6) is 0 Å². The third-order valence-electron chi connectivity index (χ3n) is 3.56. The minimum absolute atomic E-state index is 0.0485. The lowest BCUT2D eigenvalue weighted by Gasteiger charge is -2.23. The fourth-order valence-corrected chi connectivity index (χ4v) is 2.62. The van der Waals surface area contributed by atoms with Crippen molar-refractivity contribution in [3.8, 4) is 0 Å². The van der Waals surface area contributed by atoms with Gasteiger partial charge < -0.3 is 15.5 Å². The van der Waals surface area contributed by atoms with Crippen molar-refractivity contribution in [2.75, 3.05) is 26.2 Å². The average Bonchev–Trinajstić information content (AvgIpc) is 2.71. The highest BCUT2D eigenvalue weighted by Crippen LogP contribution is 2.14. The van der Waals surface area contributed by atoms with Gasteiger partial charge in [0, 0.05) is 36.8 Å². The standard InChI is InChI=1S/C15H20ClN3O2/c1-11(17)14(20)18-6-3-7-19(9-8-18)15(21)12-4-2-5-13(16)10-12/h2,4-5,10-11H,3,6-9,17H2,1H3/t11-/m0/s1. The van der Waals surface area contributed by atoms with Crippen molar-refractivity contribution < 1.29 is 9.59 Å². The highest BCUT2D eigenvalue weighted by molar-refractivity contribution is 6.30. The second-order valence-electron chi connectivity index (χ2n) is 5.27. The van der Waals surface area contributed by atoms with Crippen molar-refractivity contribution in [3.05, 3.63) is 34.9 Å². The molecule has 5 nitrogen and oxygen atoms in total.